The molecule has 24 heavy (non-hydrogen) atoms. The topological polar surface area (TPSA) is 75.4 Å². The molecule has 5 nitrogen and oxygen atoms in total. The largest absolute Gasteiger partial charge is 0.366 e. The number of amides is 2. The van der Waals surface area contributed by atoms with Crippen LogP contribution in [0.4, 0.5) is 11.4 Å². The summed E-state index contributed by atoms with van der Waals surface area (Å²) in [5.74, 6) is -0.551. The Hall–Kier alpha value is -2.82. The summed E-state index contributed by atoms with van der Waals surface area (Å²) in [6.07, 6.45) is 2.09. The number of hydrogen-bond acceptors (Lipinski definition) is 3. The van der Waals surface area contributed by atoms with Crippen molar-refractivity contribution in [3.8, 4) is 0 Å². The second-order valence-electron chi connectivity index (χ2n) is 6.03. The van der Waals surface area contributed by atoms with Crippen LogP contribution in [0.1, 0.15) is 29.3 Å². The number of hydrogen-bond donors (Lipinski definition) is 2. The van der Waals surface area contributed by atoms with Gasteiger partial charge in [-0.2, -0.15) is 0 Å². The Kier molecular flexibility index (Phi) is 4.51. The van der Waals surface area contributed by atoms with Gasteiger partial charge in [-0.15, -0.1) is 0 Å². The summed E-state index contributed by atoms with van der Waals surface area (Å²) in [6.45, 7) is 2.78. The molecule has 0 aromatic heterocycles. The zero-order valence-corrected chi connectivity index (χ0v) is 13.7. The van der Waals surface area contributed by atoms with E-state index in [-0.39, 0.29) is 11.9 Å². The standard InChI is InChI=1S/C19H21N3O2/c1-13(22-12-4-6-14-5-2-3-7-17(14)22)19(24)21-16-10-8-15(9-11-16)18(20)23/h2-3,5,7-11,13H,4,6,12H2,1H3,(H2,20,23)(H,21,24)/t13-/m1/s1. The van der Waals surface area contributed by atoms with Gasteiger partial charge in [0.2, 0.25) is 11.8 Å². The van der Waals surface area contributed by atoms with Crippen molar-refractivity contribution in [1.29, 1.82) is 0 Å². The van der Waals surface area contributed by atoms with Gasteiger partial charge in [-0.1, -0.05) is 18.2 Å². The smallest absolute Gasteiger partial charge is 0.248 e. The van der Waals surface area contributed by atoms with Gasteiger partial charge in [0.05, 0.1) is 0 Å². The summed E-state index contributed by atoms with van der Waals surface area (Å²) in [5, 5.41) is 2.90. The molecule has 1 aliphatic heterocycles. The summed E-state index contributed by atoms with van der Waals surface area (Å²) in [5.41, 5.74) is 8.72. The number of fused-ring (bicyclic) bond motifs is 1. The number of aryl methyl sites for hydroxylation is 1. The molecule has 0 spiro atoms. The van der Waals surface area contributed by atoms with Crippen LogP contribution in [-0.4, -0.2) is 24.4 Å². The summed E-state index contributed by atoms with van der Waals surface area (Å²) in [4.78, 5) is 25.8. The molecule has 2 aromatic rings. The Balaban J connectivity index is 1.72. The van der Waals surface area contributed by atoms with Gasteiger partial charge in [-0.05, 0) is 55.7 Å². The van der Waals surface area contributed by atoms with E-state index in [4.69, 9.17) is 5.73 Å². The number of nitrogens with zero attached hydrogens (tertiary/aromatic N) is 1. The van der Waals surface area contributed by atoms with Crippen LogP contribution in [0.3, 0.4) is 0 Å². The summed E-state index contributed by atoms with van der Waals surface area (Å²) >= 11 is 0. The minimum atomic E-state index is -0.480. The van der Waals surface area contributed by atoms with E-state index >= 15 is 0 Å². The third-order valence-corrected chi connectivity index (χ3v) is 4.43. The van der Waals surface area contributed by atoms with Crippen LogP contribution in [0.5, 0.6) is 0 Å². The van der Waals surface area contributed by atoms with Gasteiger partial charge in [0, 0.05) is 23.5 Å². The lowest BCUT2D eigenvalue weighted by molar-refractivity contribution is -0.117. The van der Waals surface area contributed by atoms with Crippen molar-refractivity contribution in [2.75, 3.05) is 16.8 Å². The van der Waals surface area contributed by atoms with E-state index < -0.39 is 5.91 Å². The lowest BCUT2D eigenvalue weighted by Gasteiger charge is -2.35. The fourth-order valence-corrected chi connectivity index (χ4v) is 3.07. The normalized spacial score (nSPS) is 14.6. The number of anilines is 2. The average Bonchev–Trinajstić information content (AvgIpc) is 2.61. The SMILES string of the molecule is C[C@H](C(=O)Nc1ccc(C(N)=O)cc1)N1CCCc2ccccc21. The highest BCUT2D eigenvalue weighted by molar-refractivity contribution is 5.98. The van der Waals surface area contributed by atoms with Crippen molar-refractivity contribution in [2.45, 2.75) is 25.8 Å². The summed E-state index contributed by atoms with van der Waals surface area (Å²) in [6, 6.07) is 14.6. The minimum absolute atomic E-state index is 0.0708. The van der Waals surface area contributed by atoms with Crippen molar-refractivity contribution < 1.29 is 9.59 Å². The van der Waals surface area contributed by atoms with Crippen LogP contribution in [0.2, 0.25) is 0 Å². The third kappa shape index (κ3) is 3.25. The van der Waals surface area contributed by atoms with E-state index in [1.807, 2.05) is 19.1 Å². The molecule has 5 heteroatoms. The van der Waals surface area contributed by atoms with Crippen molar-refractivity contribution in [1.82, 2.24) is 0 Å². The van der Waals surface area contributed by atoms with Gasteiger partial charge in [-0.25, -0.2) is 0 Å². The van der Waals surface area contributed by atoms with Crippen LogP contribution in [0.25, 0.3) is 0 Å². The van der Waals surface area contributed by atoms with Crippen LogP contribution in [-0.2, 0) is 11.2 Å². The molecule has 1 atom stereocenters. The van der Waals surface area contributed by atoms with E-state index in [9.17, 15) is 9.59 Å². The van der Waals surface area contributed by atoms with E-state index in [0.29, 0.717) is 11.3 Å². The molecule has 0 bridgehead atoms. The number of carbonyl (C=O) groups excluding carboxylic acids is 2. The molecular weight excluding hydrogens is 302 g/mol. The number of benzene rings is 2. The van der Waals surface area contributed by atoms with Crippen LogP contribution >= 0.6 is 0 Å². The predicted molar refractivity (Wildman–Crippen MR) is 95.2 cm³/mol. The first-order valence-corrected chi connectivity index (χ1v) is 8.11. The minimum Gasteiger partial charge on any atom is -0.366 e. The Labute approximate surface area is 141 Å². The zero-order valence-electron chi connectivity index (χ0n) is 13.7. The van der Waals surface area contributed by atoms with Crippen LogP contribution < -0.4 is 16.0 Å². The first-order chi connectivity index (χ1) is 11.6. The van der Waals surface area contributed by atoms with E-state index in [2.05, 4.69) is 22.3 Å². The van der Waals surface area contributed by atoms with Gasteiger partial charge in [-0.3, -0.25) is 9.59 Å². The maximum Gasteiger partial charge on any atom is 0.248 e. The second-order valence-corrected chi connectivity index (χ2v) is 6.03. The maximum atomic E-state index is 12.6. The Bertz CT molecular complexity index is 755. The lowest BCUT2D eigenvalue weighted by atomic mass is 10.00. The van der Waals surface area contributed by atoms with Crippen molar-refractivity contribution in [2.24, 2.45) is 5.73 Å². The molecule has 0 unspecified atom stereocenters. The van der Waals surface area contributed by atoms with E-state index in [0.717, 1.165) is 25.1 Å². The molecule has 1 aliphatic rings. The van der Waals surface area contributed by atoms with E-state index in [1.165, 1.54) is 5.56 Å². The number of carbonyl (C=O) groups is 2. The first kappa shape index (κ1) is 16.1. The Morgan fingerprint density at radius 2 is 1.83 bits per heavy atom. The molecule has 0 saturated heterocycles. The maximum absolute atomic E-state index is 12.6. The molecule has 0 fully saturated rings. The molecule has 0 saturated carbocycles. The molecule has 2 amide bonds. The van der Waals surface area contributed by atoms with Crippen molar-refractivity contribution in [3.63, 3.8) is 0 Å². The fraction of sp³-hybridized carbons (Fsp3) is 0.263. The van der Waals surface area contributed by atoms with Crippen molar-refractivity contribution >= 4 is 23.2 Å². The third-order valence-electron chi connectivity index (χ3n) is 4.43. The highest BCUT2D eigenvalue weighted by Crippen LogP contribution is 2.28. The van der Waals surface area contributed by atoms with Crippen LogP contribution in [0.15, 0.2) is 48.5 Å². The zero-order chi connectivity index (χ0) is 17.1. The summed E-state index contributed by atoms with van der Waals surface area (Å²) < 4.78 is 0. The van der Waals surface area contributed by atoms with Gasteiger partial charge in [0.25, 0.3) is 0 Å². The second kappa shape index (κ2) is 6.74. The Morgan fingerprint density at radius 3 is 2.54 bits per heavy atom. The molecule has 0 aliphatic carbocycles. The number of rotatable bonds is 4. The van der Waals surface area contributed by atoms with E-state index in [1.54, 1.807) is 24.3 Å². The number of nitrogens with two attached hydrogens (primary N) is 1. The molecule has 3 N–H and O–H groups in total. The number of primary amides is 1. The quantitative estimate of drug-likeness (QED) is 0.908. The molecule has 124 valence electrons. The molecule has 3 rings (SSSR count). The van der Waals surface area contributed by atoms with Gasteiger partial charge < -0.3 is 16.0 Å². The first-order valence-electron chi connectivity index (χ1n) is 8.11. The van der Waals surface area contributed by atoms with Gasteiger partial charge >= 0.3 is 0 Å². The highest BCUT2D eigenvalue weighted by atomic mass is 16.2. The molecule has 2 aromatic carbocycles. The van der Waals surface area contributed by atoms with Gasteiger partial charge in [0.1, 0.15) is 6.04 Å². The number of para-hydroxylation sites is 1. The van der Waals surface area contributed by atoms with Crippen LogP contribution in [0, 0.1) is 0 Å². The predicted octanol–water partition coefficient (Wildman–Crippen LogP) is 2.57. The summed E-state index contributed by atoms with van der Waals surface area (Å²) in [7, 11) is 0. The fourth-order valence-electron chi connectivity index (χ4n) is 3.07. The molecular formula is C19H21N3O2. The average molecular weight is 323 g/mol. The highest BCUT2D eigenvalue weighted by Gasteiger charge is 2.25. The Morgan fingerprint density at radius 1 is 1.12 bits per heavy atom. The van der Waals surface area contributed by atoms with Crippen molar-refractivity contribution in [3.05, 3.63) is 59.7 Å². The monoisotopic (exact) mass is 323 g/mol. The van der Waals surface area contributed by atoms with Gasteiger partial charge in [0.15, 0.2) is 0 Å². The lowest BCUT2D eigenvalue weighted by Crippen LogP contribution is -2.44. The molecule has 1 heterocycles. The molecule has 0 radical (unpaired) electrons. The number of nitrogens with one attached hydrogen (secondary N) is 1.